The summed E-state index contributed by atoms with van der Waals surface area (Å²) >= 11 is 0. The van der Waals surface area contributed by atoms with E-state index in [1.165, 1.54) is 6.08 Å². The maximum absolute atomic E-state index is 9.28. The Morgan fingerprint density at radius 2 is 2.22 bits per heavy atom. The first-order valence-electron chi connectivity index (χ1n) is 5.46. The molecule has 2 heterocycles. The first-order chi connectivity index (χ1) is 8.74. The maximum atomic E-state index is 9.28. The summed E-state index contributed by atoms with van der Waals surface area (Å²) in [7, 11) is 0. The second-order valence-corrected chi connectivity index (χ2v) is 3.52. The van der Waals surface area contributed by atoms with Gasteiger partial charge in [0.2, 0.25) is 5.88 Å². The molecule has 0 atom stereocenters. The summed E-state index contributed by atoms with van der Waals surface area (Å²) in [5, 5.41) is 16.9. The quantitative estimate of drug-likeness (QED) is 0.661. The summed E-state index contributed by atoms with van der Waals surface area (Å²) in [6.07, 6.45) is 9.99. The summed E-state index contributed by atoms with van der Waals surface area (Å²) in [5.41, 5.74) is 2.22. The van der Waals surface area contributed by atoms with Crippen molar-refractivity contribution in [1.29, 1.82) is 0 Å². The molecule has 0 aliphatic heterocycles. The number of allylic oxidation sites excluding steroid dienone is 3. The van der Waals surface area contributed by atoms with Crippen molar-refractivity contribution in [1.82, 2.24) is 19.6 Å². The van der Waals surface area contributed by atoms with E-state index in [4.69, 9.17) is 0 Å². The molecule has 0 radical (unpaired) electrons. The number of aromatic nitrogens is 4. The minimum absolute atomic E-state index is 0.0280. The van der Waals surface area contributed by atoms with Crippen LogP contribution in [0.1, 0.15) is 19.5 Å². The van der Waals surface area contributed by atoms with Crippen molar-refractivity contribution in [2.75, 3.05) is 0 Å². The van der Waals surface area contributed by atoms with Crippen molar-refractivity contribution in [3.05, 3.63) is 42.5 Å². The molecule has 0 saturated carbocycles. The zero-order valence-corrected chi connectivity index (χ0v) is 10.1. The van der Waals surface area contributed by atoms with Gasteiger partial charge < -0.3 is 5.11 Å². The fraction of sp³-hybridized carbons (Fsp3) is 0.167. The highest BCUT2D eigenvalue weighted by Crippen LogP contribution is 2.10. The van der Waals surface area contributed by atoms with E-state index in [0.717, 1.165) is 11.3 Å². The lowest BCUT2D eigenvalue weighted by Crippen LogP contribution is -1.95. The number of aliphatic hydroxyl groups excluding tert-OH is 1. The summed E-state index contributed by atoms with van der Waals surface area (Å²) in [5.74, 6) is -0.0280. The van der Waals surface area contributed by atoms with Crippen LogP contribution >= 0.6 is 0 Å². The van der Waals surface area contributed by atoms with E-state index in [9.17, 15) is 5.11 Å². The SMILES string of the molecule is C\C=C(/C=N\C(O)=C/C)c1cn2cnnc2cn1. The molecule has 0 aliphatic rings. The summed E-state index contributed by atoms with van der Waals surface area (Å²) < 4.78 is 1.77. The zero-order chi connectivity index (χ0) is 13.0. The van der Waals surface area contributed by atoms with Gasteiger partial charge in [-0.25, -0.2) is 4.99 Å². The lowest BCUT2D eigenvalue weighted by atomic mass is 10.2. The summed E-state index contributed by atoms with van der Waals surface area (Å²) in [6, 6.07) is 0. The summed E-state index contributed by atoms with van der Waals surface area (Å²) in [6.45, 7) is 3.59. The molecule has 0 spiro atoms. The average molecular weight is 243 g/mol. The molecular formula is C12H13N5O. The minimum atomic E-state index is -0.0280. The molecule has 6 nitrogen and oxygen atoms in total. The third kappa shape index (κ3) is 2.42. The Labute approximate surface area is 104 Å². The molecule has 18 heavy (non-hydrogen) atoms. The van der Waals surface area contributed by atoms with Crippen LogP contribution in [0.5, 0.6) is 0 Å². The van der Waals surface area contributed by atoms with Crippen LogP contribution in [0.3, 0.4) is 0 Å². The van der Waals surface area contributed by atoms with E-state index in [1.807, 2.05) is 19.2 Å². The Morgan fingerprint density at radius 3 is 2.94 bits per heavy atom. The predicted octanol–water partition coefficient (Wildman–Crippen LogP) is 2.02. The Morgan fingerprint density at radius 1 is 1.39 bits per heavy atom. The molecule has 0 fully saturated rings. The van der Waals surface area contributed by atoms with Gasteiger partial charge in [0.15, 0.2) is 5.65 Å². The minimum Gasteiger partial charge on any atom is -0.494 e. The number of nitrogens with zero attached hydrogens (tertiary/aromatic N) is 5. The van der Waals surface area contributed by atoms with E-state index < -0.39 is 0 Å². The van der Waals surface area contributed by atoms with Gasteiger partial charge in [-0.15, -0.1) is 10.2 Å². The third-order valence-electron chi connectivity index (χ3n) is 2.38. The second kappa shape index (κ2) is 5.22. The van der Waals surface area contributed by atoms with Crippen LogP contribution in [-0.4, -0.2) is 30.9 Å². The average Bonchev–Trinajstić information content (AvgIpc) is 2.86. The smallest absolute Gasteiger partial charge is 0.206 e. The molecular weight excluding hydrogens is 230 g/mol. The molecule has 0 saturated heterocycles. The van der Waals surface area contributed by atoms with Gasteiger partial charge in [0.05, 0.1) is 11.9 Å². The first-order valence-corrected chi connectivity index (χ1v) is 5.46. The van der Waals surface area contributed by atoms with Crippen molar-refractivity contribution >= 4 is 17.4 Å². The highest BCUT2D eigenvalue weighted by atomic mass is 16.3. The van der Waals surface area contributed by atoms with Crippen LogP contribution in [0.2, 0.25) is 0 Å². The van der Waals surface area contributed by atoms with Crippen molar-refractivity contribution in [2.24, 2.45) is 4.99 Å². The summed E-state index contributed by atoms with van der Waals surface area (Å²) in [4.78, 5) is 8.17. The molecule has 0 aliphatic carbocycles. The van der Waals surface area contributed by atoms with E-state index >= 15 is 0 Å². The molecule has 2 aromatic heterocycles. The molecule has 0 bridgehead atoms. The van der Waals surface area contributed by atoms with E-state index in [2.05, 4.69) is 20.2 Å². The Balaban J connectivity index is 2.35. The monoisotopic (exact) mass is 243 g/mol. The molecule has 2 rings (SSSR count). The fourth-order valence-electron chi connectivity index (χ4n) is 1.38. The first kappa shape index (κ1) is 12.0. The van der Waals surface area contributed by atoms with E-state index in [-0.39, 0.29) is 5.88 Å². The maximum Gasteiger partial charge on any atom is 0.206 e. The van der Waals surface area contributed by atoms with Crippen molar-refractivity contribution in [2.45, 2.75) is 13.8 Å². The van der Waals surface area contributed by atoms with E-state index in [0.29, 0.717) is 5.65 Å². The molecule has 92 valence electrons. The third-order valence-corrected chi connectivity index (χ3v) is 2.38. The molecule has 0 unspecified atom stereocenters. The van der Waals surface area contributed by atoms with Gasteiger partial charge in [-0.1, -0.05) is 6.08 Å². The van der Waals surface area contributed by atoms with Crippen LogP contribution in [0.4, 0.5) is 0 Å². The van der Waals surface area contributed by atoms with Crippen LogP contribution in [0, 0.1) is 0 Å². The van der Waals surface area contributed by atoms with Gasteiger partial charge in [0.25, 0.3) is 0 Å². The van der Waals surface area contributed by atoms with Crippen molar-refractivity contribution < 1.29 is 5.11 Å². The lowest BCUT2D eigenvalue weighted by Gasteiger charge is -2.01. The molecule has 6 heteroatoms. The van der Waals surface area contributed by atoms with Crippen molar-refractivity contribution in [3.8, 4) is 0 Å². The molecule has 1 N–H and O–H groups in total. The van der Waals surface area contributed by atoms with Crippen LogP contribution in [0.25, 0.3) is 11.2 Å². The number of fused-ring (bicyclic) bond motifs is 1. The standard InChI is InChI=1S/C12H13N5O/c1-3-9(5-14-12(18)4-2)10-7-17-8-15-16-11(17)6-13-10/h3-8,18H,1-2H3/b9-3+,12-4+,14-5-. The Bertz CT molecular complexity index is 639. The van der Waals surface area contributed by atoms with Gasteiger partial charge in [-0.05, 0) is 19.9 Å². The normalized spacial score (nSPS) is 13.7. The zero-order valence-electron chi connectivity index (χ0n) is 10.1. The number of hydrogen-bond donors (Lipinski definition) is 1. The lowest BCUT2D eigenvalue weighted by molar-refractivity contribution is 0.406. The van der Waals surface area contributed by atoms with Crippen molar-refractivity contribution in [3.63, 3.8) is 0 Å². The molecule has 0 aromatic carbocycles. The Kier molecular flexibility index (Phi) is 3.47. The van der Waals surface area contributed by atoms with Gasteiger partial charge in [0.1, 0.15) is 6.33 Å². The fourth-order valence-corrected chi connectivity index (χ4v) is 1.38. The number of rotatable bonds is 3. The number of aliphatic imine (C=N–C) groups is 1. The number of hydrogen-bond acceptors (Lipinski definition) is 5. The van der Waals surface area contributed by atoms with Crippen LogP contribution in [0.15, 0.2) is 41.7 Å². The van der Waals surface area contributed by atoms with Gasteiger partial charge in [-0.2, -0.15) is 0 Å². The van der Waals surface area contributed by atoms with E-state index in [1.54, 1.807) is 30.1 Å². The van der Waals surface area contributed by atoms with Crippen LogP contribution in [-0.2, 0) is 0 Å². The molecule has 0 amide bonds. The van der Waals surface area contributed by atoms with Gasteiger partial charge in [-0.3, -0.25) is 9.38 Å². The number of aliphatic hydroxyl groups is 1. The van der Waals surface area contributed by atoms with Gasteiger partial charge in [0, 0.05) is 18.0 Å². The second-order valence-electron chi connectivity index (χ2n) is 3.52. The molecule has 2 aromatic rings. The largest absolute Gasteiger partial charge is 0.494 e. The highest BCUT2D eigenvalue weighted by Gasteiger charge is 2.02. The van der Waals surface area contributed by atoms with Gasteiger partial charge >= 0.3 is 0 Å². The predicted molar refractivity (Wildman–Crippen MR) is 69.3 cm³/mol. The highest BCUT2D eigenvalue weighted by molar-refractivity contribution is 6.09. The Hall–Kier alpha value is -2.50. The van der Waals surface area contributed by atoms with Crippen LogP contribution < -0.4 is 0 Å². The topological polar surface area (TPSA) is 75.7 Å².